The predicted octanol–water partition coefficient (Wildman–Crippen LogP) is 1.70. The first kappa shape index (κ1) is 14.5. The maximum Gasteiger partial charge on any atom is 0.218 e. The molecule has 1 aromatic heterocycles. The first-order chi connectivity index (χ1) is 9.22. The highest BCUT2D eigenvalue weighted by Crippen LogP contribution is 2.18. The van der Waals surface area contributed by atoms with Crippen LogP contribution in [0.15, 0.2) is 6.07 Å². The van der Waals surface area contributed by atoms with Crippen LogP contribution in [0, 0.1) is 6.92 Å². The van der Waals surface area contributed by atoms with E-state index in [2.05, 4.69) is 35.7 Å². The van der Waals surface area contributed by atoms with E-state index in [4.69, 9.17) is 4.74 Å². The number of hydrogen-bond acceptors (Lipinski definition) is 5. The van der Waals surface area contributed by atoms with E-state index < -0.39 is 0 Å². The van der Waals surface area contributed by atoms with E-state index in [0.29, 0.717) is 5.88 Å². The number of aromatic nitrogens is 2. The maximum absolute atomic E-state index is 5.22. The minimum atomic E-state index is 0.643. The van der Waals surface area contributed by atoms with Crippen molar-refractivity contribution >= 4 is 21.7 Å². The standard InChI is InChI=1S/C13H21BrN4O/c1-11-15-12(10-13(16-11)19-2)18-6-3-5-17(7-4-14)8-9-18/h10H,3-9H2,1-2H3. The van der Waals surface area contributed by atoms with Crippen LogP contribution in [-0.2, 0) is 0 Å². The van der Waals surface area contributed by atoms with Crippen molar-refractivity contribution in [1.82, 2.24) is 14.9 Å². The number of anilines is 1. The van der Waals surface area contributed by atoms with Crippen LogP contribution in [0.2, 0.25) is 0 Å². The Morgan fingerprint density at radius 1 is 1.26 bits per heavy atom. The van der Waals surface area contributed by atoms with E-state index >= 15 is 0 Å². The quantitative estimate of drug-likeness (QED) is 0.787. The predicted molar refractivity (Wildman–Crippen MR) is 80.4 cm³/mol. The molecule has 0 saturated carbocycles. The molecule has 0 radical (unpaired) electrons. The largest absolute Gasteiger partial charge is 0.481 e. The van der Waals surface area contributed by atoms with E-state index in [1.165, 1.54) is 6.42 Å². The van der Waals surface area contributed by atoms with Gasteiger partial charge in [0.1, 0.15) is 11.6 Å². The van der Waals surface area contributed by atoms with E-state index in [0.717, 1.165) is 49.7 Å². The third-order valence-corrected chi connectivity index (χ3v) is 3.68. The Bertz CT molecular complexity index is 416. The fraction of sp³-hybridized carbons (Fsp3) is 0.692. The van der Waals surface area contributed by atoms with Gasteiger partial charge in [-0.1, -0.05) is 15.9 Å². The summed E-state index contributed by atoms with van der Waals surface area (Å²) >= 11 is 3.51. The zero-order valence-corrected chi connectivity index (χ0v) is 13.2. The van der Waals surface area contributed by atoms with Gasteiger partial charge in [-0.15, -0.1) is 0 Å². The highest BCUT2D eigenvalue weighted by Gasteiger charge is 2.16. The Morgan fingerprint density at radius 2 is 2.11 bits per heavy atom. The fourth-order valence-electron chi connectivity index (χ4n) is 2.33. The maximum atomic E-state index is 5.22. The first-order valence-corrected chi connectivity index (χ1v) is 7.78. The van der Waals surface area contributed by atoms with E-state index in [9.17, 15) is 0 Å². The minimum Gasteiger partial charge on any atom is -0.481 e. The molecule has 1 saturated heterocycles. The van der Waals surface area contributed by atoms with Gasteiger partial charge in [-0.3, -0.25) is 0 Å². The molecule has 0 bridgehead atoms. The highest BCUT2D eigenvalue weighted by atomic mass is 79.9. The second-order valence-electron chi connectivity index (χ2n) is 4.69. The summed E-state index contributed by atoms with van der Waals surface area (Å²) < 4.78 is 5.22. The third kappa shape index (κ3) is 4.04. The minimum absolute atomic E-state index is 0.643. The molecule has 1 aliphatic rings. The highest BCUT2D eigenvalue weighted by molar-refractivity contribution is 9.09. The molecule has 6 heteroatoms. The molecule has 1 fully saturated rings. The zero-order chi connectivity index (χ0) is 13.7. The summed E-state index contributed by atoms with van der Waals surface area (Å²) in [7, 11) is 1.64. The Morgan fingerprint density at radius 3 is 2.84 bits per heavy atom. The molecule has 19 heavy (non-hydrogen) atoms. The molecular weight excluding hydrogens is 308 g/mol. The SMILES string of the molecule is COc1cc(N2CCCN(CCBr)CC2)nc(C)n1. The Kier molecular flexibility index (Phi) is 5.39. The summed E-state index contributed by atoms with van der Waals surface area (Å²) in [4.78, 5) is 13.6. The van der Waals surface area contributed by atoms with Crippen molar-refractivity contribution in [3.63, 3.8) is 0 Å². The lowest BCUT2D eigenvalue weighted by Crippen LogP contribution is -2.32. The molecule has 0 aromatic carbocycles. The van der Waals surface area contributed by atoms with Crippen molar-refractivity contribution in [3.05, 3.63) is 11.9 Å². The number of ether oxygens (including phenoxy) is 1. The van der Waals surface area contributed by atoms with Gasteiger partial charge in [-0.05, 0) is 19.9 Å². The number of halogens is 1. The monoisotopic (exact) mass is 328 g/mol. The number of nitrogens with zero attached hydrogens (tertiary/aromatic N) is 4. The molecule has 0 unspecified atom stereocenters. The molecular formula is C13H21BrN4O. The second-order valence-corrected chi connectivity index (χ2v) is 5.48. The number of rotatable bonds is 4. The number of methoxy groups -OCH3 is 1. The molecule has 1 aliphatic heterocycles. The van der Waals surface area contributed by atoms with E-state index in [1.54, 1.807) is 7.11 Å². The van der Waals surface area contributed by atoms with Crippen LogP contribution in [0.25, 0.3) is 0 Å². The lowest BCUT2D eigenvalue weighted by atomic mass is 10.3. The van der Waals surface area contributed by atoms with Crippen LogP contribution >= 0.6 is 15.9 Å². The van der Waals surface area contributed by atoms with Crippen molar-refractivity contribution in [2.75, 3.05) is 50.1 Å². The summed E-state index contributed by atoms with van der Waals surface area (Å²) in [6, 6.07) is 1.92. The molecule has 0 aliphatic carbocycles. The summed E-state index contributed by atoms with van der Waals surface area (Å²) in [6.45, 7) is 7.30. The van der Waals surface area contributed by atoms with Crippen LogP contribution < -0.4 is 9.64 Å². The average Bonchev–Trinajstić information content (AvgIpc) is 2.64. The molecule has 1 aromatic rings. The molecule has 106 valence electrons. The molecule has 0 spiro atoms. The lowest BCUT2D eigenvalue weighted by molar-refractivity contribution is 0.313. The summed E-state index contributed by atoms with van der Waals surface area (Å²) in [5.74, 6) is 2.38. The van der Waals surface area contributed by atoms with Gasteiger partial charge in [-0.2, -0.15) is 4.98 Å². The van der Waals surface area contributed by atoms with Gasteiger partial charge >= 0.3 is 0 Å². The number of aryl methyl sites for hydroxylation is 1. The topological polar surface area (TPSA) is 41.5 Å². The van der Waals surface area contributed by atoms with Gasteiger partial charge in [0.15, 0.2) is 0 Å². The van der Waals surface area contributed by atoms with Crippen LogP contribution in [-0.4, -0.2) is 60.0 Å². The van der Waals surface area contributed by atoms with Crippen molar-refractivity contribution < 1.29 is 4.74 Å². The van der Waals surface area contributed by atoms with Gasteiger partial charge in [0.2, 0.25) is 5.88 Å². The molecule has 2 rings (SSSR count). The van der Waals surface area contributed by atoms with Gasteiger partial charge in [0.25, 0.3) is 0 Å². The van der Waals surface area contributed by atoms with Crippen molar-refractivity contribution in [2.45, 2.75) is 13.3 Å². The second kappa shape index (κ2) is 7.05. The van der Waals surface area contributed by atoms with Crippen LogP contribution in [0.3, 0.4) is 0 Å². The van der Waals surface area contributed by atoms with Gasteiger partial charge in [-0.25, -0.2) is 4.98 Å². The lowest BCUT2D eigenvalue weighted by Gasteiger charge is -2.22. The van der Waals surface area contributed by atoms with Crippen LogP contribution in [0.1, 0.15) is 12.2 Å². The van der Waals surface area contributed by atoms with Crippen molar-refractivity contribution in [1.29, 1.82) is 0 Å². The molecule has 5 nitrogen and oxygen atoms in total. The Labute approximate surface area is 123 Å². The Hall–Kier alpha value is -0.880. The van der Waals surface area contributed by atoms with E-state index in [-0.39, 0.29) is 0 Å². The molecule has 0 N–H and O–H groups in total. The van der Waals surface area contributed by atoms with Crippen LogP contribution in [0.4, 0.5) is 5.82 Å². The first-order valence-electron chi connectivity index (χ1n) is 6.66. The summed E-state index contributed by atoms with van der Waals surface area (Å²) in [5.41, 5.74) is 0. The Balaban J connectivity index is 2.07. The average molecular weight is 329 g/mol. The molecule has 2 heterocycles. The number of alkyl halides is 1. The molecule has 0 amide bonds. The normalized spacial score (nSPS) is 17.3. The van der Waals surface area contributed by atoms with Crippen molar-refractivity contribution in [3.8, 4) is 5.88 Å². The van der Waals surface area contributed by atoms with Gasteiger partial charge < -0.3 is 14.5 Å². The van der Waals surface area contributed by atoms with Gasteiger partial charge in [0, 0.05) is 37.6 Å². The number of hydrogen-bond donors (Lipinski definition) is 0. The van der Waals surface area contributed by atoms with E-state index in [1.807, 2.05) is 13.0 Å². The summed E-state index contributed by atoms with van der Waals surface area (Å²) in [5, 5.41) is 1.04. The van der Waals surface area contributed by atoms with Crippen LogP contribution in [0.5, 0.6) is 5.88 Å². The zero-order valence-electron chi connectivity index (χ0n) is 11.6. The smallest absolute Gasteiger partial charge is 0.218 e. The fourth-order valence-corrected chi connectivity index (χ4v) is 2.84. The van der Waals surface area contributed by atoms with Gasteiger partial charge in [0.05, 0.1) is 7.11 Å². The molecule has 0 atom stereocenters. The third-order valence-electron chi connectivity index (χ3n) is 3.32. The summed E-state index contributed by atoms with van der Waals surface area (Å²) in [6.07, 6.45) is 1.17. The van der Waals surface area contributed by atoms with Crippen molar-refractivity contribution in [2.24, 2.45) is 0 Å².